The molecule has 7 heteroatoms. The molecular weight excluding hydrogens is 341 g/mol. The van der Waals surface area contributed by atoms with Crippen molar-refractivity contribution in [2.24, 2.45) is 0 Å². The molecule has 1 amide bonds. The fraction of sp³-hybridized carbons (Fsp3) is 0.0526. The minimum atomic E-state index is -0.759. The van der Waals surface area contributed by atoms with Crippen LogP contribution in [0.25, 0.3) is 17.0 Å². The van der Waals surface area contributed by atoms with E-state index in [-0.39, 0.29) is 28.6 Å². The standard InChI is InChI=1S/C19H14FNO5/c1-25-17-9-12-8-14(19(24)26-16(12)10-15(17)22)21-18(23)7-4-11-2-5-13(20)6-3-11/h2-10,22H,1H3,(H,21,23)/b7-4+. The molecule has 6 nitrogen and oxygen atoms in total. The summed E-state index contributed by atoms with van der Waals surface area (Å²) >= 11 is 0. The van der Waals surface area contributed by atoms with Crippen molar-refractivity contribution >= 4 is 28.6 Å². The largest absolute Gasteiger partial charge is 0.504 e. The van der Waals surface area contributed by atoms with Gasteiger partial charge in [-0.15, -0.1) is 0 Å². The summed E-state index contributed by atoms with van der Waals surface area (Å²) in [6, 6.07) is 9.75. The van der Waals surface area contributed by atoms with E-state index in [1.807, 2.05) is 0 Å². The van der Waals surface area contributed by atoms with Crippen LogP contribution >= 0.6 is 0 Å². The number of phenols is 1. The lowest BCUT2D eigenvalue weighted by molar-refractivity contribution is -0.111. The number of amides is 1. The number of hydrogen-bond acceptors (Lipinski definition) is 5. The number of benzene rings is 2. The third-order valence-corrected chi connectivity index (χ3v) is 3.59. The van der Waals surface area contributed by atoms with E-state index in [0.717, 1.165) is 0 Å². The van der Waals surface area contributed by atoms with Crippen molar-refractivity contribution in [1.29, 1.82) is 0 Å². The average molecular weight is 355 g/mol. The molecule has 0 atom stereocenters. The summed E-state index contributed by atoms with van der Waals surface area (Å²) in [4.78, 5) is 24.0. The highest BCUT2D eigenvalue weighted by atomic mass is 19.1. The highest BCUT2D eigenvalue weighted by Gasteiger charge is 2.11. The van der Waals surface area contributed by atoms with Crippen LogP contribution in [0.5, 0.6) is 11.5 Å². The Morgan fingerprint density at radius 3 is 2.65 bits per heavy atom. The van der Waals surface area contributed by atoms with E-state index < -0.39 is 11.5 Å². The van der Waals surface area contributed by atoms with Gasteiger partial charge in [0.1, 0.15) is 17.1 Å². The number of hydrogen-bond donors (Lipinski definition) is 2. The Morgan fingerprint density at radius 2 is 1.96 bits per heavy atom. The first kappa shape index (κ1) is 17.2. The fourth-order valence-corrected chi connectivity index (χ4v) is 2.31. The summed E-state index contributed by atoms with van der Waals surface area (Å²) in [5.74, 6) is -0.879. The van der Waals surface area contributed by atoms with Crippen LogP contribution in [-0.2, 0) is 4.79 Å². The van der Waals surface area contributed by atoms with Gasteiger partial charge in [-0.05, 0) is 35.9 Å². The Kier molecular flexibility index (Phi) is 4.70. The van der Waals surface area contributed by atoms with Gasteiger partial charge in [0.2, 0.25) is 5.91 Å². The summed E-state index contributed by atoms with van der Waals surface area (Å²) in [7, 11) is 1.39. The minimum Gasteiger partial charge on any atom is -0.504 e. The minimum absolute atomic E-state index is 0.0565. The van der Waals surface area contributed by atoms with Gasteiger partial charge in [0.25, 0.3) is 0 Å². The highest BCUT2D eigenvalue weighted by molar-refractivity contribution is 6.02. The smallest absolute Gasteiger partial charge is 0.360 e. The van der Waals surface area contributed by atoms with E-state index in [0.29, 0.717) is 10.9 Å². The van der Waals surface area contributed by atoms with Crippen molar-refractivity contribution in [3.05, 3.63) is 70.3 Å². The van der Waals surface area contributed by atoms with Crippen molar-refractivity contribution < 1.29 is 23.4 Å². The fourth-order valence-electron chi connectivity index (χ4n) is 2.31. The number of ether oxygens (including phenoxy) is 1. The number of rotatable bonds is 4. The normalized spacial score (nSPS) is 11.0. The Bertz CT molecular complexity index is 1050. The summed E-state index contributed by atoms with van der Waals surface area (Å²) in [6.07, 6.45) is 2.70. The van der Waals surface area contributed by atoms with Crippen LogP contribution in [0.1, 0.15) is 5.56 Å². The molecular formula is C19H14FNO5. The van der Waals surface area contributed by atoms with E-state index in [4.69, 9.17) is 9.15 Å². The van der Waals surface area contributed by atoms with Crippen LogP contribution in [0, 0.1) is 5.82 Å². The van der Waals surface area contributed by atoms with Gasteiger partial charge in [0, 0.05) is 17.5 Å². The van der Waals surface area contributed by atoms with Crippen molar-refractivity contribution in [3.8, 4) is 11.5 Å². The van der Waals surface area contributed by atoms with Crippen LogP contribution in [-0.4, -0.2) is 18.1 Å². The zero-order valence-corrected chi connectivity index (χ0v) is 13.7. The Morgan fingerprint density at radius 1 is 1.23 bits per heavy atom. The molecule has 0 radical (unpaired) electrons. The van der Waals surface area contributed by atoms with E-state index in [1.54, 1.807) is 0 Å². The second-order valence-electron chi connectivity index (χ2n) is 5.38. The monoisotopic (exact) mass is 355 g/mol. The van der Waals surface area contributed by atoms with E-state index in [2.05, 4.69) is 5.32 Å². The van der Waals surface area contributed by atoms with Crippen LogP contribution in [0.3, 0.4) is 0 Å². The van der Waals surface area contributed by atoms with E-state index in [9.17, 15) is 19.1 Å². The number of halogens is 1. The van der Waals surface area contributed by atoms with Crippen molar-refractivity contribution in [2.45, 2.75) is 0 Å². The molecule has 1 heterocycles. The van der Waals surface area contributed by atoms with Gasteiger partial charge < -0.3 is 19.6 Å². The maximum absolute atomic E-state index is 12.9. The van der Waals surface area contributed by atoms with Gasteiger partial charge in [0.15, 0.2) is 11.5 Å². The predicted molar refractivity (Wildman–Crippen MR) is 94.8 cm³/mol. The first-order valence-electron chi connectivity index (χ1n) is 7.56. The second kappa shape index (κ2) is 7.10. The number of fused-ring (bicyclic) bond motifs is 1. The lowest BCUT2D eigenvalue weighted by Crippen LogP contribution is -2.15. The molecule has 0 aliphatic carbocycles. The van der Waals surface area contributed by atoms with Gasteiger partial charge in [-0.3, -0.25) is 4.79 Å². The maximum Gasteiger partial charge on any atom is 0.360 e. The number of anilines is 1. The molecule has 0 fully saturated rings. The number of nitrogens with one attached hydrogen (secondary N) is 1. The molecule has 0 aliphatic rings. The zero-order chi connectivity index (χ0) is 18.7. The quantitative estimate of drug-likeness (QED) is 0.554. The third-order valence-electron chi connectivity index (χ3n) is 3.59. The molecule has 2 N–H and O–H groups in total. The van der Waals surface area contributed by atoms with Crippen LogP contribution in [0.2, 0.25) is 0 Å². The van der Waals surface area contributed by atoms with Crippen LogP contribution < -0.4 is 15.7 Å². The molecule has 2 aromatic carbocycles. The third kappa shape index (κ3) is 3.72. The number of phenolic OH excluding ortho intramolecular Hbond substituents is 1. The topological polar surface area (TPSA) is 88.8 Å². The van der Waals surface area contributed by atoms with Gasteiger partial charge in [0.05, 0.1) is 7.11 Å². The number of carbonyl (C=O) groups is 1. The molecule has 0 spiro atoms. The van der Waals surface area contributed by atoms with E-state index in [1.165, 1.54) is 61.7 Å². The predicted octanol–water partition coefficient (Wildman–Crippen LogP) is 3.30. The first-order chi connectivity index (χ1) is 12.5. The maximum atomic E-state index is 12.9. The molecule has 0 saturated heterocycles. The lowest BCUT2D eigenvalue weighted by atomic mass is 10.2. The molecule has 3 rings (SSSR count). The van der Waals surface area contributed by atoms with Crippen LogP contribution in [0.4, 0.5) is 10.1 Å². The molecule has 132 valence electrons. The molecule has 1 aromatic heterocycles. The van der Waals surface area contributed by atoms with Crippen molar-refractivity contribution in [3.63, 3.8) is 0 Å². The van der Waals surface area contributed by atoms with Gasteiger partial charge in [-0.1, -0.05) is 12.1 Å². The molecule has 0 aliphatic heterocycles. The molecule has 0 unspecified atom stereocenters. The molecule has 3 aromatic rings. The Labute approximate surface area is 147 Å². The average Bonchev–Trinajstić information content (AvgIpc) is 2.62. The molecule has 0 saturated carbocycles. The Hall–Kier alpha value is -3.61. The summed E-state index contributed by atoms with van der Waals surface area (Å²) in [6.45, 7) is 0. The van der Waals surface area contributed by atoms with Gasteiger partial charge in [-0.2, -0.15) is 0 Å². The summed E-state index contributed by atoms with van der Waals surface area (Å²) in [5.41, 5.74) is -0.0231. The summed E-state index contributed by atoms with van der Waals surface area (Å²) in [5, 5.41) is 12.6. The van der Waals surface area contributed by atoms with Crippen LogP contribution in [0.15, 0.2) is 57.8 Å². The molecule has 0 bridgehead atoms. The zero-order valence-electron chi connectivity index (χ0n) is 13.7. The van der Waals surface area contributed by atoms with E-state index >= 15 is 0 Å². The van der Waals surface area contributed by atoms with Crippen molar-refractivity contribution in [1.82, 2.24) is 0 Å². The summed E-state index contributed by atoms with van der Waals surface area (Å²) < 4.78 is 23.0. The number of carbonyl (C=O) groups excluding carboxylic acids is 1. The SMILES string of the molecule is COc1cc2cc(NC(=O)/C=C/c3ccc(F)cc3)c(=O)oc2cc1O. The highest BCUT2D eigenvalue weighted by Crippen LogP contribution is 2.31. The number of methoxy groups -OCH3 is 1. The second-order valence-corrected chi connectivity index (χ2v) is 5.38. The number of aromatic hydroxyl groups is 1. The van der Waals surface area contributed by atoms with Gasteiger partial charge in [-0.25, -0.2) is 9.18 Å². The first-order valence-corrected chi connectivity index (χ1v) is 7.56. The lowest BCUT2D eigenvalue weighted by Gasteiger charge is -2.06. The van der Waals surface area contributed by atoms with Crippen molar-refractivity contribution in [2.75, 3.05) is 12.4 Å². The molecule has 26 heavy (non-hydrogen) atoms. The van der Waals surface area contributed by atoms with Gasteiger partial charge >= 0.3 is 5.63 Å². The Balaban J connectivity index is 1.84.